The summed E-state index contributed by atoms with van der Waals surface area (Å²) in [5, 5.41) is 12.9. The molecule has 18 heavy (non-hydrogen) atoms. The molecule has 2 aliphatic rings. The first-order valence-corrected chi connectivity index (χ1v) is 5.43. The van der Waals surface area contributed by atoms with Gasteiger partial charge in [0.1, 0.15) is 5.84 Å². The van der Waals surface area contributed by atoms with Crippen LogP contribution in [0.4, 0.5) is 0 Å². The molecule has 0 saturated heterocycles. The Labute approximate surface area is 103 Å². The van der Waals surface area contributed by atoms with Crippen LogP contribution in [0, 0.1) is 0 Å². The molecule has 0 bridgehead atoms. The Morgan fingerprint density at radius 2 is 2.06 bits per heavy atom. The number of hydrogen-bond acceptors (Lipinski definition) is 6. The van der Waals surface area contributed by atoms with Crippen molar-refractivity contribution in [3.05, 3.63) is 35.9 Å². The monoisotopic (exact) mass is 242 g/mol. The van der Waals surface area contributed by atoms with Crippen LogP contribution in [0.3, 0.4) is 0 Å². The van der Waals surface area contributed by atoms with Crippen molar-refractivity contribution in [2.75, 3.05) is 0 Å². The first-order chi connectivity index (χ1) is 8.74. The lowest BCUT2D eigenvalue weighted by molar-refractivity contribution is -0.125. The van der Waals surface area contributed by atoms with Crippen LogP contribution in [0.25, 0.3) is 0 Å². The van der Waals surface area contributed by atoms with E-state index in [0.29, 0.717) is 0 Å². The minimum atomic E-state index is -0.411. The fraction of sp³-hybridized carbons (Fsp3) is 0.182. The Hall–Kier alpha value is -2.57. The van der Waals surface area contributed by atoms with E-state index in [1.165, 1.54) is 0 Å². The van der Waals surface area contributed by atoms with Gasteiger partial charge in [-0.2, -0.15) is 10.1 Å². The van der Waals surface area contributed by atoms with Crippen LogP contribution in [-0.4, -0.2) is 22.7 Å². The normalized spacial score (nSPS) is 22.3. The average Bonchev–Trinajstić information content (AvgIpc) is 2.97. The van der Waals surface area contributed by atoms with Gasteiger partial charge >= 0.3 is 0 Å². The first kappa shape index (κ1) is 10.6. The molecule has 7 nitrogen and oxygen atoms in total. The Balaban J connectivity index is 1.85. The number of rotatable bonds is 1. The molecule has 1 aromatic carbocycles. The molecule has 7 heteroatoms. The number of hydrogen-bond donors (Lipinski definition) is 1. The fourth-order valence-corrected chi connectivity index (χ4v) is 1.74. The summed E-state index contributed by atoms with van der Waals surface area (Å²) in [5.41, 5.74) is 6.41. The molecule has 0 spiro atoms. The highest BCUT2D eigenvalue weighted by atomic mass is 16.2. The van der Waals surface area contributed by atoms with Gasteiger partial charge in [-0.15, -0.1) is 10.2 Å². The lowest BCUT2D eigenvalue weighted by Crippen LogP contribution is -2.25. The second-order valence-corrected chi connectivity index (χ2v) is 3.90. The van der Waals surface area contributed by atoms with Crippen molar-refractivity contribution in [3.63, 3.8) is 0 Å². The van der Waals surface area contributed by atoms with Crippen molar-refractivity contribution in [2.45, 2.75) is 12.6 Å². The van der Waals surface area contributed by atoms with Crippen molar-refractivity contribution in [1.29, 1.82) is 0 Å². The maximum Gasteiger partial charge on any atom is 0.270 e. The summed E-state index contributed by atoms with van der Waals surface area (Å²) in [6, 6.07) is 9.51. The summed E-state index contributed by atoms with van der Waals surface area (Å²) >= 11 is 0. The molecule has 2 N–H and O–H groups in total. The molecule has 0 aliphatic carbocycles. The van der Waals surface area contributed by atoms with Crippen LogP contribution in [0.15, 0.2) is 50.7 Å². The number of azo groups is 1. The summed E-state index contributed by atoms with van der Waals surface area (Å²) in [4.78, 5) is 15.8. The van der Waals surface area contributed by atoms with Gasteiger partial charge in [0.2, 0.25) is 0 Å². The van der Waals surface area contributed by atoms with Gasteiger partial charge in [-0.05, 0) is 0 Å². The smallest absolute Gasteiger partial charge is 0.270 e. The number of aliphatic imine (C=N–C) groups is 1. The lowest BCUT2D eigenvalue weighted by atomic mass is 10.2. The second-order valence-electron chi connectivity index (χ2n) is 3.90. The van der Waals surface area contributed by atoms with Crippen molar-refractivity contribution < 1.29 is 4.79 Å². The average molecular weight is 242 g/mol. The van der Waals surface area contributed by atoms with E-state index in [0.717, 1.165) is 10.6 Å². The van der Waals surface area contributed by atoms with Crippen LogP contribution >= 0.6 is 0 Å². The molecular formula is C11H10N6O. The highest BCUT2D eigenvalue weighted by Gasteiger charge is 2.30. The Kier molecular flexibility index (Phi) is 2.36. The van der Waals surface area contributed by atoms with Crippen molar-refractivity contribution >= 4 is 17.7 Å². The molecule has 3 rings (SSSR count). The van der Waals surface area contributed by atoms with Crippen molar-refractivity contribution in [1.82, 2.24) is 5.01 Å². The molecule has 90 valence electrons. The molecule has 0 radical (unpaired) electrons. The Morgan fingerprint density at radius 3 is 2.72 bits per heavy atom. The van der Waals surface area contributed by atoms with E-state index in [9.17, 15) is 4.79 Å². The maximum atomic E-state index is 11.6. The minimum absolute atomic E-state index is 0.102. The maximum absolute atomic E-state index is 11.6. The standard InChI is InChI=1S/C11H10N6O/c12-8-6-9(18)17(16-8)11-13-10(14-15-11)7-4-2-1-3-5-7/h1-5,10H,6H2,(H2,12,16). The van der Waals surface area contributed by atoms with Gasteiger partial charge in [0.05, 0.1) is 6.42 Å². The fourth-order valence-electron chi connectivity index (χ4n) is 1.74. The number of amides is 1. The van der Waals surface area contributed by atoms with Crippen LogP contribution in [0.2, 0.25) is 0 Å². The topological polar surface area (TPSA) is 95.8 Å². The van der Waals surface area contributed by atoms with E-state index < -0.39 is 6.17 Å². The van der Waals surface area contributed by atoms with E-state index >= 15 is 0 Å². The zero-order valence-electron chi connectivity index (χ0n) is 9.39. The molecule has 0 aromatic heterocycles. The number of guanidine groups is 1. The van der Waals surface area contributed by atoms with E-state index in [1.54, 1.807) is 0 Å². The highest BCUT2D eigenvalue weighted by Crippen LogP contribution is 2.25. The summed E-state index contributed by atoms with van der Waals surface area (Å²) in [6.07, 6.45) is -0.309. The third-order valence-electron chi connectivity index (χ3n) is 2.58. The number of amidine groups is 1. The zero-order chi connectivity index (χ0) is 12.5. The lowest BCUT2D eigenvalue weighted by Gasteiger charge is -2.06. The van der Waals surface area contributed by atoms with Gasteiger partial charge in [0.25, 0.3) is 11.9 Å². The van der Waals surface area contributed by atoms with Gasteiger partial charge in [-0.1, -0.05) is 30.3 Å². The molecule has 2 heterocycles. The predicted molar refractivity (Wildman–Crippen MR) is 64.6 cm³/mol. The third-order valence-corrected chi connectivity index (χ3v) is 2.58. The molecule has 1 aromatic rings. The number of hydrazone groups is 1. The van der Waals surface area contributed by atoms with Crippen molar-refractivity contribution in [2.24, 2.45) is 26.1 Å². The van der Waals surface area contributed by atoms with Crippen LogP contribution in [0.5, 0.6) is 0 Å². The largest absolute Gasteiger partial charge is 0.385 e. The predicted octanol–water partition coefficient (Wildman–Crippen LogP) is 1.01. The summed E-state index contributed by atoms with van der Waals surface area (Å²) < 4.78 is 0. The van der Waals surface area contributed by atoms with E-state index in [2.05, 4.69) is 20.3 Å². The molecular weight excluding hydrogens is 232 g/mol. The van der Waals surface area contributed by atoms with Gasteiger partial charge in [-0.25, -0.2) is 4.99 Å². The Bertz CT molecular complexity index is 576. The highest BCUT2D eigenvalue weighted by molar-refractivity contribution is 6.10. The quantitative estimate of drug-likeness (QED) is 0.795. The van der Waals surface area contributed by atoms with Crippen LogP contribution in [-0.2, 0) is 4.79 Å². The number of nitrogens with two attached hydrogens (primary N) is 1. The zero-order valence-corrected chi connectivity index (χ0v) is 9.39. The van der Waals surface area contributed by atoms with E-state index in [1.807, 2.05) is 30.3 Å². The SMILES string of the molecule is NC1=NN(C2=NC(c3ccccc3)N=N2)C(=O)C1. The summed E-state index contributed by atoms with van der Waals surface area (Å²) in [5.74, 6) is 0.217. The van der Waals surface area contributed by atoms with Crippen LogP contribution in [0.1, 0.15) is 18.2 Å². The minimum Gasteiger partial charge on any atom is -0.385 e. The summed E-state index contributed by atoms with van der Waals surface area (Å²) in [7, 11) is 0. The van der Waals surface area contributed by atoms with E-state index in [4.69, 9.17) is 5.73 Å². The molecule has 0 fully saturated rings. The van der Waals surface area contributed by atoms with Gasteiger partial charge in [0, 0.05) is 5.56 Å². The van der Waals surface area contributed by atoms with Gasteiger partial charge in [-0.3, -0.25) is 4.79 Å². The molecule has 1 atom stereocenters. The number of carbonyl (C=O) groups is 1. The second kappa shape index (κ2) is 4.02. The first-order valence-electron chi connectivity index (χ1n) is 5.43. The van der Waals surface area contributed by atoms with Crippen LogP contribution < -0.4 is 5.73 Å². The third kappa shape index (κ3) is 1.75. The Morgan fingerprint density at radius 1 is 1.28 bits per heavy atom. The number of nitrogens with zero attached hydrogens (tertiary/aromatic N) is 5. The molecule has 1 unspecified atom stereocenters. The molecule has 0 saturated carbocycles. The van der Waals surface area contributed by atoms with Gasteiger partial charge in [0.15, 0.2) is 6.17 Å². The van der Waals surface area contributed by atoms with Gasteiger partial charge < -0.3 is 5.73 Å². The number of carbonyl (C=O) groups excluding carboxylic acids is 1. The van der Waals surface area contributed by atoms with E-state index in [-0.39, 0.29) is 24.1 Å². The molecule has 2 aliphatic heterocycles. The number of benzene rings is 1. The summed E-state index contributed by atoms with van der Waals surface area (Å²) in [6.45, 7) is 0. The molecule has 1 amide bonds. The van der Waals surface area contributed by atoms with Crippen molar-refractivity contribution in [3.8, 4) is 0 Å².